The van der Waals surface area contributed by atoms with Crippen LogP contribution >= 0.6 is 11.8 Å². The van der Waals surface area contributed by atoms with E-state index in [9.17, 15) is 4.79 Å². The summed E-state index contributed by atoms with van der Waals surface area (Å²) >= 11 is 1.55. The maximum Gasteiger partial charge on any atom is 0.223 e. The Morgan fingerprint density at radius 1 is 1.27 bits per heavy atom. The van der Waals surface area contributed by atoms with Crippen LogP contribution in [-0.2, 0) is 11.3 Å². The molecule has 2 aromatic rings. The first-order valence-electron chi connectivity index (χ1n) is 9.48. The summed E-state index contributed by atoms with van der Waals surface area (Å²) in [5.74, 6) is 1.21. The second-order valence-electron chi connectivity index (χ2n) is 6.64. The summed E-state index contributed by atoms with van der Waals surface area (Å²) in [6.45, 7) is 7.35. The number of aromatic nitrogens is 4. The molecule has 0 radical (unpaired) electrons. The molecular formula is C18H28N6OS. The molecule has 3 rings (SSSR count). The number of carbonyl (C=O) groups is 1. The molecule has 0 spiro atoms. The molecule has 0 aliphatic carbocycles. The number of hydrogen-bond donors (Lipinski definition) is 1. The van der Waals surface area contributed by atoms with Crippen molar-refractivity contribution >= 4 is 34.5 Å². The average Bonchev–Trinajstić information content (AvgIpc) is 3.32. The van der Waals surface area contributed by atoms with Crippen LogP contribution in [0, 0.1) is 5.92 Å². The van der Waals surface area contributed by atoms with Crippen LogP contribution < -0.4 is 10.2 Å². The second kappa shape index (κ2) is 8.70. The smallest absolute Gasteiger partial charge is 0.223 e. The van der Waals surface area contributed by atoms with Gasteiger partial charge in [0.1, 0.15) is 5.82 Å². The molecule has 0 bridgehead atoms. The van der Waals surface area contributed by atoms with Crippen molar-refractivity contribution in [3.63, 3.8) is 0 Å². The van der Waals surface area contributed by atoms with Crippen LogP contribution in [0.25, 0.3) is 11.0 Å². The molecular weight excluding hydrogens is 348 g/mol. The largest absolute Gasteiger partial charge is 0.356 e. The van der Waals surface area contributed by atoms with Crippen LogP contribution in [0.5, 0.6) is 0 Å². The molecule has 8 heteroatoms. The minimum absolute atomic E-state index is 0.0940. The summed E-state index contributed by atoms with van der Waals surface area (Å²) < 4.78 is 1.88. The first-order chi connectivity index (χ1) is 12.7. The lowest BCUT2D eigenvalue weighted by Crippen LogP contribution is -2.32. The number of fused-ring (bicyclic) bond motifs is 1. The van der Waals surface area contributed by atoms with Gasteiger partial charge in [-0.25, -0.2) is 14.6 Å². The fourth-order valence-corrected chi connectivity index (χ4v) is 3.79. The Bertz CT molecular complexity index is 751. The minimum Gasteiger partial charge on any atom is -0.356 e. The third kappa shape index (κ3) is 3.95. The molecule has 2 aromatic heterocycles. The van der Waals surface area contributed by atoms with Gasteiger partial charge in [-0.2, -0.15) is 5.10 Å². The number of carbonyl (C=O) groups excluding carboxylic acids is 1. The van der Waals surface area contributed by atoms with Gasteiger partial charge in [0.15, 0.2) is 10.8 Å². The summed E-state index contributed by atoms with van der Waals surface area (Å²) in [6, 6.07) is 0. The van der Waals surface area contributed by atoms with E-state index < -0.39 is 0 Å². The van der Waals surface area contributed by atoms with Crippen molar-refractivity contribution in [3.05, 3.63) is 6.20 Å². The fourth-order valence-electron chi connectivity index (χ4n) is 3.43. The summed E-state index contributed by atoms with van der Waals surface area (Å²) in [6.07, 6.45) is 8.00. The number of nitrogens with zero attached hydrogens (tertiary/aromatic N) is 5. The summed E-state index contributed by atoms with van der Waals surface area (Å²) in [5.41, 5.74) is 0.850. The molecule has 0 unspecified atom stereocenters. The van der Waals surface area contributed by atoms with Gasteiger partial charge in [0.05, 0.1) is 18.1 Å². The standard InChI is InChI=1S/C18H28N6OS/c1-4-13(5-2)17(25)19-8-11-24-16-14(12-20-24)15(21-18(22-16)26-3)23-9-6-7-10-23/h12-13H,4-11H2,1-3H3,(H,19,25). The summed E-state index contributed by atoms with van der Waals surface area (Å²) in [4.78, 5) is 23.9. The summed E-state index contributed by atoms with van der Waals surface area (Å²) in [7, 11) is 0. The van der Waals surface area contributed by atoms with Crippen LogP contribution in [0.3, 0.4) is 0 Å². The minimum atomic E-state index is 0.0940. The molecule has 7 nitrogen and oxygen atoms in total. The Hall–Kier alpha value is -1.83. The molecule has 142 valence electrons. The van der Waals surface area contributed by atoms with Crippen molar-refractivity contribution < 1.29 is 4.79 Å². The second-order valence-corrected chi connectivity index (χ2v) is 7.41. The van der Waals surface area contributed by atoms with Crippen molar-refractivity contribution in [1.82, 2.24) is 25.1 Å². The molecule has 26 heavy (non-hydrogen) atoms. The van der Waals surface area contributed by atoms with E-state index in [-0.39, 0.29) is 11.8 Å². The lowest BCUT2D eigenvalue weighted by Gasteiger charge is -2.17. The predicted octanol–water partition coefficient (Wildman–Crippen LogP) is 2.70. The zero-order valence-corrected chi connectivity index (χ0v) is 16.7. The van der Waals surface area contributed by atoms with Gasteiger partial charge in [0.2, 0.25) is 5.91 Å². The topological polar surface area (TPSA) is 75.9 Å². The zero-order valence-electron chi connectivity index (χ0n) is 15.9. The Morgan fingerprint density at radius 3 is 2.65 bits per heavy atom. The van der Waals surface area contributed by atoms with Crippen LogP contribution in [0.15, 0.2) is 11.4 Å². The number of rotatable bonds is 8. The maximum atomic E-state index is 12.1. The molecule has 0 aromatic carbocycles. The van der Waals surface area contributed by atoms with Crippen molar-refractivity contribution in [1.29, 1.82) is 0 Å². The molecule has 1 fully saturated rings. The van der Waals surface area contributed by atoms with Crippen molar-refractivity contribution in [3.8, 4) is 0 Å². The van der Waals surface area contributed by atoms with Gasteiger partial charge >= 0.3 is 0 Å². The monoisotopic (exact) mass is 376 g/mol. The van der Waals surface area contributed by atoms with E-state index in [0.29, 0.717) is 13.1 Å². The van der Waals surface area contributed by atoms with Gasteiger partial charge in [-0.15, -0.1) is 0 Å². The lowest BCUT2D eigenvalue weighted by molar-refractivity contribution is -0.125. The van der Waals surface area contributed by atoms with Crippen LogP contribution in [0.1, 0.15) is 39.5 Å². The van der Waals surface area contributed by atoms with E-state index in [2.05, 4.69) is 34.1 Å². The van der Waals surface area contributed by atoms with E-state index in [1.165, 1.54) is 12.8 Å². The highest BCUT2D eigenvalue weighted by Gasteiger charge is 2.20. The normalized spacial score (nSPS) is 14.5. The molecule has 0 atom stereocenters. The third-order valence-corrected chi connectivity index (χ3v) is 5.57. The first-order valence-corrected chi connectivity index (χ1v) is 10.7. The maximum absolute atomic E-state index is 12.1. The molecule has 1 aliphatic heterocycles. The highest BCUT2D eigenvalue weighted by Crippen LogP contribution is 2.28. The highest BCUT2D eigenvalue weighted by molar-refractivity contribution is 7.98. The lowest BCUT2D eigenvalue weighted by atomic mass is 10.0. The van der Waals surface area contributed by atoms with Crippen LogP contribution in [0.4, 0.5) is 5.82 Å². The highest BCUT2D eigenvalue weighted by atomic mass is 32.2. The SMILES string of the molecule is CCC(CC)C(=O)NCCn1ncc2c(N3CCCC3)nc(SC)nc21. The van der Waals surface area contributed by atoms with Crippen LogP contribution in [-0.4, -0.2) is 51.5 Å². The first kappa shape index (κ1) is 18.9. The number of hydrogen-bond acceptors (Lipinski definition) is 6. The van der Waals surface area contributed by atoms with Gasteiger partial charge in [0.25, 0.3) is 0 Å². The quantitative estimate of drug-likeness (QED) is 0.564. The Morgan fingerprint density at radius 2 is 2.00 bits per heavy atom. The molecule has 3 heterocycles. The third-order valence-electron chi connectivity index (χ3n) is 5.02. The number of nitrogens with one attached hydrogen (secondary N) is 1. The Balaban J connectivity index is 1.77. The van der Waals surface area contributed by atoms with E-state index in [1.54, 1.807) is 11.8 Å². The van der Waals surface area contributed by atoms with Gasteiger partial charge in [-0.3, -0.25) is 4.79 Å². The zero-order chi connectivity index (χ0) is 18.5. The molecule has 1 amide bonds. The van der Waals surface area contributed by atoms with Crippen LogP contribution in [0.2, 0.25) is 0 Å². The van der Waals surface area contributed by atoms with Gasteiger partial charge in [-0.05, 0) is 31.9 Å². The summed E-state index contributed by atoms with van der Waals surface area (Å²) in [5, 5.41) is 9.30. The van der Waals surface area contributed by atoms with Crippen molar-refractivity contribution in [2.75, 3.05) is 30.8 Å². The number of amides is 1. The van der Waals surface area contributed by atoms with E-state index in [0.717, 1.165) is 47.9 Å². The average molecular weight is 377 g/mol. The van der Waals surface area contributed by atoms with Crippen molar-refractivity contribution in [2.24, 2.45) is 5.92 Å². The molecule has 1 saturated heterocycles. The van der Waals surface area contributed by atoms with Gasteiger partial charge < -0.3 is 10.2 Å². The molecule has 0 saturated carbocycles. The predicted molar refractivity (Wildman–Crippen MR) is 106 cm³/mol. The Labute approximate surface area is 158 Å². The molecule has 1 aliphatic rings. The number of anilines is 1. The van der Waals surface area contributed by atoms with E-state index >= 15 is 0 Å². The van der Waals surface area contributed by atoms with Gasteiger partial charge in [-0.1, -0.05) is 25.6 Å². The fraction of sp³-hybridized carbons (Fsp3) is 0.667. The van der Waals surface area contributed by atoms with Gasteiger partial charge in [0, 0.05) is 25.6 Å². The van der Waals surface area contributed by atoms with E-state index in [1.807, 2.05) is 17.1 Å². The molecule has 1 N–H and O–H groups in total. The number of thioether (sulfide) groups is 1. The Kier molecular flexibility index (Phi) is 6.34. The van der Waals surface area contributed by atoms with E-state index in [4.69, 9.17) is 4.98 Å². The van der Waals surface area contributed by atoms with Crippen molar-refractivity contribution in [2.45, 2.75) is 51.2 Å².